The van der Waals surface area contributed by atoms with Crippen LogP contribution < -0.4 is 0 Å². The van der Waals surface area contributed by atoms with Crippen LogP contribution in [-0.4, -0.2) is 55.4 Å². The first kappa shape index (κ1) is 19.0. The lowest BCUT2D eigenvalue weighted by molar-refractivity contribution is -0.0882. The highest BCUT2D eigenvalue weighted by atomic mass is 16.5. The van der Waals surface area contributed by atoms with Crippen LogP contribution in [0.3, 0.4) is 0 Å². The highest BCUT2D eigenvalue weighted by Gasteiger charge is 2.26. The van der Waals surface area contributed by atoms with Crippen LogP contribution in [-0.2, 0) is 11.3 Å². The first-order valence-corrected chi connectivity index (χ1v) is 10.3. The summed E-state index contributed by atoms with van der Waals surface area (Å²) < 4.78 is 7.61. The molecule has 0 amide bonds. The Balaban J connectivity index is 1.34. The normalized spacial score (nSPS) is 16.9. The largest absolute Gasteiger partial charge is 0.373 e. The highest BCUT2D eigenvalue weighted by molar-refractivity contribution is 5.92. The number of hydrogen-bond donors (Lipinski definition) is 1. The molecule has 1 saturated heterocycles. The van der Waals surface area contributed by atoms with Crippen molar-refractivity contribution in [3.63, 3.8) is 0 Å². The summed E-state index contributed by atoms with van der Waals surface area (Å²) in [6, 6.07) is 14.7. The van der Waals surface area contributed by atoms with Crippen molar-refractivity contribution in [3.8, 4) is 17.1 Å². The summed E-state index contributed by atoms with van der Waals surface area (Å²) in [6.07, 6.45) is 1.93. The number of aromatic nitrogens is 5. The van der Waals surface area contributed by atoms with Gasteiger partial charge in [-0.2, -0.15) is 5.10 Å². The van der Waals surface area contributed by atoms with Crippen molar-refractivity contribution in [1.29, 1.82) is 0 Å². The molecule has 0 spiro atoms. The zero-order chi connectivity index (χ0) is 20.7. The number of morpholine rings is 1. The lowest BCUT2D eigenvalue weighted by Gasteiger charge is -2.38. The van der Waals surface area contributed by atoms with E-state index in [4.69, 9.17) is 4.74 Å². The lowest BCUT2D eigenvalue weighted by atomic mass is 10.1. The van der Waals surface area contributed by atoms with Crippen molar-refractivity contribution in [2.75, 3.05) is 19.7 Å². The van der Waals surface area contributed by atoms with E-state index in [9.17, 15) is 0 Å². The van der Waals surface area contributed by atoms with Gasteiger partial charge in [0, 0.05) is 25.0 Å². The molecular formula is C23H26N6O. The Morgan fingerprint density at radius 1 is 1.13 bits per heavy atom. The summed E-state index contributed by atoms with van der Waals surface area (Å²) in [5.74, 6) is 0. The SMILES string of the molecule is Cc1ccc2c(-c3cn(-c4ccc(CN5CCOC(C)(C)C5)cc4)nn3)n[nH]c2c1. The van der Waals surface area contributed by atoms with E-state index in [-0.39, 0.29) is 5.60 Å². The molecule has 2 aromatic heterocycles. The topological polar surface area (TPSA) is 71.9 Å². The molecule has 1 fully saturated rings. The van der Waals surface area contributed by atoms with Crippen LogP contribution >= 0.6 is 0 Å². The Hall–Kier alpha value is -3.03. The molecule has 0 aliphatic carbocycles. The van der Waals surface area contributed by atoms with Gasteiger partial charge in [-0.3, -0.25) is 10.00 Å². The van der Waals surface area contributed by atoms with Crippen LogP contribution in [0, 0.1) is 6.92 Å². The fourth-order valence-corrected chi connectivity index (χ4v) is 4.09. The molecule has 0 unspecified atom stereocenters. The fourth-order valence-electron chi connectivity index (χ4n) is 4.09. The Morgan fingerprint density at radius 3 is 2.77 bits per heavy atom. The summed E-state index contributed by atoms with van der Waals surface area (Å²) in [7, 11) is 0. The summed E-state index contributed by atoms with van der Waals surface area (Å²) in [4.78, 5) is 2.44. The summed E-state index contributed by atoms with van der Waals surface area (Å²) in [5.41, 5.74) is 5.97. The number of hydrogen-bond acceptors (Lipinski definition) is 5. The molecule has 5 rings (SSSR count). The summed E-state index contributed by atoms with van der Waals surface area (Å²) >= 11 is 0. The van der Waals surface area contributed by atoms with E-state index in [0.717, 1.165) is 54.2 Å². The summed E-state index contributed by atoms with van der Waals surface area (Å²) in [5, 5.41) is 17.3. The van der Waals surface area contributed by atoms with Gasteiger partial charge in [0.05, 0.1) is 29.6 Å². The molecule has 30 heavy (non-hydrogen) atoms. The highest BCUT2D eigenvalue weighted by Crippen LogP contribution is 2.26. The Bertz CT molecular complexity index is 1170. The Morgan fingerprint density at radius 2 is 1.97 bits per heavy atom. The molecule has 0 atom stereocenters. The Kier molecular flexibility index (Phi) is 4.64. The molecule has 154 valence electrons. The van der Waals surface area contributed by atoms with Crippen LogP contribution in [0.4, 0.5) is 0 Å². The van der Waals surface area contributed by atoms with Gasteiger partial charge in [0.25, 0.3) is 0 Å². The van der Waals surface area contributed by atoms with E-state index in [2.05, 4.69) is 88.6 Å². The molecule has 0 radical (unpaired) electrons. The van der Waals surface area contributed by atoms with Gasteiger partial charge in [0.2, 0.25) is 0 Å². The van der Waals surface area contributed by atoms with Crippen LogP contribution in [0.2, 0.25) is 0 Å². The van der Waals surface area contributed by atoms with E-state index >= 15 is 0 Å². The number of aryl methyl sites for hydroxylation is 1. The molecule has 7 nitrogen and oxygen atoms in total. The average molecular weight is 403 g/mol. The molecule has 1 aliphatic rings. The van der Waals surface area contributed by atoms with Gasteiger partial charge >= 0.3 is 0 Å². The molecule has 3 heterocycles. The molecule has 4 aromatic rings. The molecule has 2 aromatic carbocycles. The quantitative estimate of drug-likeness (QED) is 0.563. The molecule has 0 saturated carbocycles. The number of ether oxygens (including phenoxy) is 1. The van der Waals surface area contributed by atoms with E-state index in [1.54, 1.807) is 4.68 Å². The number of rotatable bonds is 4. The minimum atomic E-state index is -0.0789. The van der Waals surface area contributed by atoms with Gasteiger partial charge < -0.3 is 4.74 Å². The molecule has 1 N–H and O–H groups in total. The third kappa shape index (κ3) is 3.74. The standard InChI is InChI=1S/C23H26N6O/c1-16-4-9-19-20(12-16)24-26-22(19)21-14-29(27-25-21)18-7-5-17(6-8-18)13-28-10-11-30-23(2,3)15-28/h4-9,12,14H,10-11,13,15H2,1-3H3,(H,24,26). The van der Waals surface area contributed by atoms with Crippen LogP contribution in [0.15, 0.2) is 48.7 Å². The first-order valence-electron chi connectivity index (χ1n) is 10.3. The maximum absolute atomic E-state index is 5.81. The van der Waals surface area contributed by atoms with Gasteiger partial charge in [-0.15, -0.1) is 5.10 Å². The fraction of sp³-hybridized carbons (Fsp3) is 0.348. The minimum absolute atomic E-state index is 0.0789. The maximum Gasteiger partial charge on any atom is 0.134 e. The summed E-state index contributed by atoms with van der Waals surface area (Å²) in [6.45, 7) is 9.98. The van der Waals surface area contributed by atoms with Gasteiger partial charge in [0.15, 0.2) is 0 Å². The lowest BCUT2D eigenvalue weighted by Crippen LogP contribution is -2.47. The second-order valence-electron chi connectivity index (χ2n) is 8.65. The van der Waals surface area contributed by atoms with Gasteiger partial charge in [0.1, 0.15) is 11.4 Å². The van der Waals surface area contributed by atoms with Crippen molar-refractivity contribution in [1.82, 2.24) is 30.1 Å². The van der Waals surface area contributed by atoms with Crippen LogP contribution in [0.5, 0.6) is 0 Å². The third-order valence-corrected chi connectivity index (χ3v) is 5.57. The van der Waals surface area contributed by atoms with Crippen LogP contribution in [0.25, 0.3) is 28.0 Å². The van der Waals surface area contributed by atoms with Crippen molar-refractivity contribution in [2.24, 2.45) is 0 Å². The predicted octanol–water partition coefficient (Wildman–Crippen LogP) is 3.73. The zero-order valence-corrected chi connectivity index (χ0v) is 17.6. The maximum atomic E-state index is 5.81. The predicted molar refractivity (Wildman–Crippen MR) is 116 cm³/mol. The minimum Gasteiger partial charge on any atom is -0.373 e. The molecular weight excluding hydrogens is 376 g/mol. The number of nitrogens with zero attached hydrogens (tertiary/aromatic N) is 5. The first-order chi connectivity index (χ1) is 14.5. The average Bonchev–Trinajstić information content (AvgIpc) is 3.34. The Labute approximate surface area is 175 Å². The number of nitrogens with one attached hydrogen (secondary N) is 1. The van der Waals surface area contributed by atoms with E-state index in [0.29, 0.717) is 0 Å². The third-order valence-electron chi connectivity index (χ3n) is 5.57. The van der Waals surface area contributed by atoms with E-state index in [1.165, 1.54) is 11.1 Å². The molecule has 7 heteroatoms. The smallest absolute Gasteiger partial charge is 0.134 e. The van der Waals surface area contributed by atoms with Crippen molar-refractivity contribution in [3.05, 3.63) is 59.8 Å². The van der Waals surface area contributed by atoms with E-state index < -0.39 is 0 Å². The van der Waals surface area contributed by atoms with Gasteiger partial charge in [-0.05, 0) is 50.1 Å². The van der Waals surface area contributed by atoms with Crippen molar-refractivity contribution >= 4 is 10.9 Å². The van der Waals surface area contributed by atoms with Crippen LogP contribution in [0.1, 0.15) is 25.0 Å². The van der Waals surface area contributed by atoms with Gasteiger partial charge in [-0.25, -0.2) is 4.68 Å². The number of aromatic amines is 1. The monoisotopic (exact) mass is 402 g/mol. The van der Waals surface area contributed by atoms with Gasteiger partial charge in [-0.1, -0.05) is 29.5 Å². The second kappa shape index (κ2) is 7.34. The second-order valence-corrected chi connectivity index (χ2v) is 8.65. The number of benzene rings is 2. The van der Waals surface area contributed by atoms with Crippen molar-refractivity contribution < 1.29 is 4.74 Å². The number of H-pyrrole nitrogens is 1. The zero-order valence-electron chi connectivity index (χ0n) is 17.6. The van der Waals surface area contributed by atoms with Crippen molar-refractivity contribution in [2.45, 2.75) is 32.9 Å². The molecule has 1 aliphatic heterocycles. The number of fused-ring (bicyclic) bond motifs is 1. The molecule has 0 bridgehead atoms. The van der Waals surface area contributed by atoms with E-state index in [1.807, 2.05) is 6.20 Å².